The first kappa shape index (κ1) is 20.3. The first-order chi connectivity index (χ1) is 12.1. The van der Waals surface area contributed by atoms with Crippen molar-refractivity contribution in [2.75, 3.05) is 11.1 Å². The number of phenolic OH excluding ortho intramolecular Hbond substituents is 1. The zero-order valence-electron chi connectivity index (χ0n) is 15.1. The summed E-state index contributed by atoms with van der Waals surface area (Å²) in [5.41, 5.74) is 1.51. The van der Waals surface area contributed by atoms with Crippen molar-refractivity contribution in [2.24, 2.45) is 5.92 Å². The van der Waals surface area contributed by atoms with Crippen LogP contribution in [0.3, 0.4) is 0 Å². The number of aromatic nitrogens is 2. The molecule has 0 spiro atoms. The first-order valence-corrected chi connectivity index (χ1v) is 10.2. The molecule has 0 radical (unpaired) electrons. The maximum Gasteiger partial charge on any atom is 0.229 e. The van der Waals surface area contributed by atoms with E-state index in [-0.39, 0.29) is 28.0 Å². The minimum absolute atomic E-state index is 0.0473. The summed E-state index contributed by atoms with van der Waals surface area (Å²) in [5, 5.41) is 17.4. The van der Waals surface area contributed by atoms with Gasteiger partial charge in [0.2, 0.25) is 5.91 Å². The minimum Gasteiger partial charge on any atom is -0.506 e. The lowest BCUT2D eigenvalue weighted by molar-refractivity contribution is -0.119. The van der Waals surface area contributed by atoms with Gasteiger partial charge in [0.05, 0.1) is 45.2 Å². The van der Waals surface area contributed by atoms with Crippen molar-refractivity contribution in [1.29, 1.82) is 0 Å². The molecule has 1 amide bonds. The van der Waals surface area contributed by atoms with Crippen molar-refractivity contribution in [2.45, 2.75) is 39.1 Å². The topological polar surface area (TPSA) is 101 Å². The quantitative estimate of drug-likeness (QED) is 0.727. The SMILES string of the molecule is CCS(=O)(=O)c1ccc(O)c(NC(=O)C(C)Cn2nc(C)c(Cl)c2C)c1. The molecule has 1 atom stereocenters. The molecule has 0 fully saturated rings. The zero-order valence-corrected chi connectivity index (χ0v) is 16.6. The second kappa shape index (κ2) is 7.67. The van der Waals surface area contributed by atoms with Gasteiger partial charge in [-0.15, -0.1) is 0 Å². The smallest absolute Gasteiger partial charge is 0.229 e. The molecular weight excluding hydrogens is 378 g/mol. The number of sulfone groups is 1. The predicted octanol–water partition coefficient (Wildman–Crippen LogP) is 2.93. The Labute approximate surface area is 157 Å². The van der Waals surface area contributed by atoms with Crippen molar-refractivity contribution < 1.29 is 18.3 Å². The van der Waals surface area contributed by atoms with Gasteiger partial charge in [0.1, 0.15) is 5.75 Å². The lowest BCUT2D eigenvalue weighted by Gasteiger charge is -2.15. The molecule has 2 rings (SSSR count). The number of aromatic hydroxyl groups is 1. The van der Waals surface area contributed by atoms with E-state index < -0.39 is 15.8 Å². The van der Waals surface area contributed by atoms with Crippen molar-refractivity contribution in [1.82, 2.24) is 9.78 Å². The summed E-state index contributed by atoms with van der Waals surface area (Å²) in [6.45, 7) is 7.15. The van der Waals surface area contributed by atoms with Crippen LogP contribution in [0.2, 0.25) is 5.02 Å². The van der Waals surface area contributed by atoms with Gasteiger partial charge in [0, 0.05) is 0 Å². The van der Waals surface area contributed by atoms with Crippen LogP contribution in [-0.2, 0) is 21.2 Å². The molecule has 142 valence electrons. The van der Waals surface area contributed by atoms with Gasteiger partial charge in [-0.3, -0.25) is 9.48 Å². The van der Waals surface area contributed by atoms with Crippen LogP contribution in [0.4, 0.5) is 5.69 Å². The van der Waals surface area contributed by atoms with E-state index in [4.69, 9.17) is 11.6 Å². The summed E-state index contributed by atoms with van der Waals surface area (Å²) in [4.78, 5) is 12.5. The average Bonchev–Trinajstić information content (AvgIpc) is 2.83. The molecule has 0 aliphatic heterocycles. The van der Waals surface area contributed by atoms with Gasteiger partial charge in [-0.05, 0) is 32.0 Å². The van der Waals surface area contributed by atoms with E-state index in [2.05, 4.69) is 10.4 Å². The highest BCUT2D eigenvalue weighted by Gasteiger charge is 2.20. The van der Waals surface area contributed by atoms with E-state index in [9.17, 15) is 18.3 Å². The van der Waals surface area contributed by atoms with Crippen molar-refractivity contribution in [3.63, 3.8) is 0 Å². The van der Waals surface area contributed by atoms with Crippen LogP contribution in [0.1, 0.15) is 25.2 Å². The Morgan fingerprint density at radius 1 is 1.38 bits per heavy atom. The van der Waals surface area contributed by atoms with Crippen LogP contribution in [-0.4, -0.2) is 35.0 Å². The molecule has 1 aromatic heterocycles. The molecule has 1 unspecified atom stereocenters. The fourth-order valence-corrected chi connectivity index (χ4v) is 3.47. The minimum atomic E-state index is -3.44. The molecule has 7 nitrogen and oxygen atoms in total. The summed E-state index contributed by atoms with van der Waals surface area (Å²) in [5.74, 6) is -1.11. The molecule has 2 N–H and O–H groups in total. The van der Waals surface area contributed by atoms with Gasteiger partial charge in [0.25, 0.3) is 0 Å². The Kier molecular flexibility index (Phi) is 5.98. The van der Waals surface area contributed by atoms with Crippen LogP contribution in [0.15, 0.2) is 23.1 Å². The molecule has 9 heteroatoms. The molecule has 2 aromatic rings. The average molecular weight is 400 g/mol. The first-order valence-electron chi connectivity index (χ1n) is 8.13. The van der Waals surface area contributed by atoms with Gasteiger partial charge < -0.3 is 10.4 Å². The fraction of sp³-hybridized carbons (Fsp3) is 0.412. The number of anilines is 1. The van der Waals surface area contributed by atoms with E-state index in [1.54, 1.807) is 18.5 Å². The van der Waals surface area contributed by atoms with Crippen LogP contribution in [0, 0.1) is 19.8 Å². The predicted molar refractivity (Wildman–Crippen MR) is 100 cm³/mol. The lowest BCUT2D eigenvalue weighted by atomic mass is 10.1. The molecule has 0 aliphatic rings. The number of nitrogens with one attached hydrogen (secondary N) is 1. The third kappa shape index (κ3) is 4.19. The fourth-order valence-electron chi connectivity index (χ4n) is 2.43. The Morgan fingerprint density at radius 3 is 2.58 bits per heavy atom. The number of rotatable bonds is 6. The standard InChI is InChI=1S/C17H22ClN3O4S/c1-5-26(24,25)13-6-7-15(22)14(8-13)19-17(23)10(2)9-21-12(4)16(18)11(3)20-21/h6-8,10,22H,5,9H2,1-4H3,(H,19,23). The molecular formula is C17H22ClN3O4S. The Balaban J connectivity index is 2.18. The number of amides is 1. The third-order valence-corrected chi connectivity index (χ3v) is 6.43. The summed E-state index contributed by atoms with van der Waals surface area (Å²) in [6.07, 6.45) is 0. The third-order valence-electron chi connectivity index (χ3n) is 4.15. The van der Waals surface area contributed by atoms with Crippen LogP contribution in [0.25, 0.3) is 0 Å². The summed E-state index contributed by atoms with van der Waals surface area (Å²) >= 11 is 6.11. The summed E-state index contributed by atoms with van der Waals surface area (Å²) in [7, 11) is -3.44. The molecule has 0 saturated heterocycles. The van der Waals surface area contributed by atoms with Crippen LogP contribution < -0.4 is 5.32 Å². The molecule has 1 aromatic carbocycles. The normalized spacial score (nSPS) is 12.8. The maximum atomic E-state index is 12.5. The van der Waals surface area contributed by atoms with Crippen LogP contribution >= 0.6 is 11.6 Å². The van der Waals surface area contributed by atoms with E-state index >= 15 is 0 Å². The van der Waals surface area contributed by atoms with Gasteiger partial charge in [-0.25, -0.2) is 8.42 Å². The van der Waals surface area contributed by atoms with Crippen molar-refractivity contribution in [3.8, 4) is 5.75 Å². The van der Waals surface area contributed by atoms with Crippen molar-refractivity contribution >= 4 is 33.0 Å². The second-order valence-electron chi connectivity index (χ2n) is 6.14. The van der Waals surface area contributed by atoms with E-state index in [0.717, 1.165) is 5.69 Å². The highest BCUT2D eigenvalue weighted by molar-refractivity contribution is 7.91. The van der Waals surface area contributed by atoms with Gasteiger partial charge in [0.15, 0.2) is 9.84 Å². The zero-order chi connectivity index (χ0) is 19.6. The highest BCUT2D eigenvalue weighted by atomic mass is 35.5. The molecule has 1 heterocycles. The lowest BCUT2D eigenvalue weighted by Crippen LogP contribution is -2.25. The van der Waals surface area contributed by atoms with Gasteiger partial charge in [-0.1, -0.05) is 25.4 Å². The molecule has 0 saturated carbocycles. The number of carbonyl (C=O) groups is 1. The van der Waals surface area contributed by atoms with Crippen LogP contribution in [0.5, 0.6) is 5.75 Å². The summed E-state index contributed by atoms with van der Waals surface area (Å²) in [6, 6.07) is 3.83. The van der Waals surface area contributed by atoms with Gasteiger partial charge >= 0.3 is 0 Å². The molecule has 0 bridgehead atoms. The number of phenols is 1. The number of benzene rings is 1. The number of hydrogen-bond acceptors (Lipinski definition) is 5. The molecule has 26 heavy (non-hydrogen) atoms. The highest BCUT2D eigenvalue weighted by Crippen LogP contribution is 2.27. The van der Waals surface area contributed by atoms with Crippen molar-refractivity contribution in [3.05, 3.63) is 34.6 Å². The Hall–Kier alpha value is -2.06. The number of nitrogens with zero attached hydrogens (tertiary/aromatic N) is 2. The van der Waals surface area contributed by atoms with Gasteiger partial charge in [-0.2, -0.15) is 5.10 Å². The molecule has 0 aliphatic carbocycles. The Bertz CT molecular complexity index is 938. The number of hydrogen-bond donors (Lipinski definition) is 2. The van der Waals surface area contributed by atoms with E-state index in [0.29, 0.717) is 17.3 Å². The number of halogens is 1. The number of aryl methyl sites for hydroxylation is 1. The summed E-state index contributed by atoms with van der Waals surface area (Å²) < 4.78 is 25.6. The monoisotopic (exact) mass is 399 g/mol. The Morgan fingerprint density at radius 2 is 2.04 bits per heavy atom. The number of carbonyl (C=O) groups excluding carboxylic acids is 1. The largest absolute Gasteiger partial charge is 0.506 e. The van der Waals surface area contributed by atoms with E-state index in [1.807, 2.05) is 6.92 Å². The second-order valence-corrected chi connectivity index (χ2v) is 8.80. The maximum absolute atomic E-state index is 12.5. The van der Waals surface area contributed by atoms with E-state index in [1.165, 1.54) is 25.1 Å².